The molecule has 0 bridgehead atoms. The van der Waals surface area contributed by atoms with Crippen LogP contribution in [0.1, 0.15) is 27.7 Å². The Balaban J connectivity index is 2.35. The van der Waals surface area contributed by atoms with Crippen LogP contribution in [0, 0.1) is 17.2 Å². The molecule has 0 N–H and O–H groups in total. The summed E-state index contributed by atoms with van der Waals surface area (Å²) < 4.78 is 5.33. The van der Waals surface area contributed by atoms with Gasteiger partial charge in [-0.1, -0.05) is 0 Å². The van der Waals surface area contributed by atoms with E-state index in [9.17, 15) is 4.79 Å². The number of nitrogens with zero attached hydrogens (tertiary/aromatic N) is 3. The van der Waals surface area contributed by atoms with Crippen molar-refractivity contribution in [3.8, 4) is 6.07 Å². The van der Waals surface area contributed by atoms with E-state index in [2.05, 4.69) is 11.0 Å². The van der Waals surface area contributed by atoms with Crippen molar-refractivity contribution in [3.05, 3.63) is 0 Å². The predicted molar refractivity (Wildman–Crippen MR) is 69.0 cm³/mol. The predicted octanol–water partition coefficient (Wildman–Crippen LogP) is 1.70. The summed E-state index contributed by atoms with van der Waals surface area (Å²) in [5, 5.41) is 8.77. The number of piperazine rings is 1. The molecule has 0 aliphatic carbocycles. The van der Waals surface area contributed by atoms with Crippen molar-refractivity contribution in [1.29, 1.82) is 5.26 Å². The number of carbonyl (C=O) groups excluding carboxylic acids is 1. The van der Waals surface area contributed by atoms with Gasteiger partial charge in [0.05, 0.1) is 12.0 Å². The van der Waals surface area contributed by atoms with Gasteiger partial charge in [0.15, 0.2) is 0 Å². The van der Waals surface area contributed by atoms with Crippen LogP contribution in [-0.2, 0) is 4.74 Å². The van der Waals surface area contributed by atoms with Crippen molar-refractivity contribution >= 4 is 6.09 Å². The smallest absolute Gasteiger partial charge is 0.410 e. The summed E-state index contributed by atoms with van der Waals surface area (Å²) in [6, 6.07) is 2.23. The molecule has 0 aromatic heterocycles. The van der Waals surface area contributed by atoms with Gasteiger partial charge >= 0.3 is 6.09 Å². The number of amides is 1. The fourth-order valence-electron chi connectivity index (χ4n) is 1.87. The summed E-state index contributed by atoms with van der Waals surface area (Å²) in [5.74, 6) is 0.0399. The van der Waals surface area contributed by atoms with Gasteiger partial charge in [-0.25, -0.2) is 4.79 Å². The highest BCUT2D eigenvalue weighted by atomic mass is 16.6. The van der Waals surface area contributed by atoms with Crippen molar-refractivity contribution in [3.63, 3.8) is 0 Å². The highest BCUT2D eigenvalue weighted by Crippen LogP contribution is 2.12. The molecule has 5 heteroatoms. The Bertz CT molecular complexity index is 322. The van der Waals surface area contributed by atoms with Crippen molar-refractivity contribution in [2.75, 3.05) is 32.7 Å². The third-order valence-electron chi connectivity index (χ3n) is 2.78. The lowest BCUT2D eigenvalue weighted by molar-refractivity contribution is 0.0140. The van der Waals surface area contributed by atoms with Gasteiger partial charge in [-0.15, -0.1) is 0 Å². The Kier molecular flexibility index (Phi) is 4.97. The third kappa shape index (κ3) is 4.92. The molecule has 1 fully saturated rings. The number of ether oxygens (including phenoxy) is 1. The lowest BCUT2D eigenvalue weighted by Crippen LogP contribution is -2.50. The fraction of sp³-hybridized carbons (Fsp3) is 0.846. The van der Waals surface area contributed by atoms with Crippen LogP contribution in [0.4, 0.5) is 4.79 Å². The van der Waals surface area contributed by atoms with E-state index in [4.69, 9.17) is 10.00 Å². The zero-order valence-corrected chi connectivity index (χ0v) is 11.8. The Morgan fingerprint density at radius 2 is 1.89 bits per heavy atom. The summed E-state index contributed by atoms with van der Waals surface area (Å²) in [5.41, 5.74) is -0.441. The second kappa shape index (κ2) is 6.05. The zero-order valence-electron chi connectivity index (χ0n) is 11.8. The summed E-state index contributed by atoms with van der Waals surface area (Å²) in [6.45, 7) is 11.3. The van der Waals surface area contributed by atoms with E-state index < -0.39 is 5.60 Å². The molecule has 1 aliphatic heterocycles. The lowest BCUT2D eigenvalue weighted by atomic mass is 10.2. The van der Waals surface area contributed by atoms with Crippen LogP contribution >= 0.6 is 0 Å². The van der Waals surface area contributed by atoms with Gasteiger partial charge in [-0.05, 0) is 27.7 Å². The van der Waals surface area contributed by atoms with Crippen LogP contribution in [-0.4, -0.2) is 54.2 Å². The molecule has 1 amide bonds. The van der Waals surface area contributed by atoms with Crippen molar-refractivity contribution in [2.45, 2.75) is 33.3 Å². The minimum absolute atomic E-state index is 0.0399. The van der Waals surface area contributed by atoms with Crippen molar-refractivity contribution < 1.29 is 9.53 Å². The van der Waals surface area contributed by atoms with Gasteiger partial charge in [0.1, 0.15) is 5.60 Å². The summed E-state index contributed by atoms with van der Waals surface area (Å²) in [7, 11) is 0. The fourth-order valence-corrected chi connectivity index (χ4v) is 1.87. The van der Waals surface area contributed by atoms with E-state index in [1.165, 1.54) is 0 Å². The molecule has 1 heterocycles. The highest BCUT2D eigenvalue weighted by Gasteiger charge is 2.26. The van der Waals surface area contributed by atoms with Crippen molar-refractivity contribution in [2.24, 2.45) is 5.92 Å². The molecular formula is C13H23N3O2. The van der Waals surface area contributed by atoms with Crippen LogP contribution in [0.3, 0.4) is 0 Å². The van der Waals surface area contributed by atoms with Crippen LogP contribution in [0.5, 0.6) is 0 Å². The molecule has 0 saturated carbocycles. The monoisotopic (exact) mass is 253 g/mol. The molecule has 5 nitrogen and oxygen atoms in total. The van der Waals surface area contributed by atoms with E-state index in [0.717, 1.165) is 19.6 Å². The molecule has 0 aromatic rings. The number of nitriles is 1. The van der Waals surface area contributed by atoms with Gasteiger partial charge in [-0.3, -0.25) is 4.90 Å². The van der Waals surface area contributed by atoms with E-state index in [1.807, 2.05) is 27.7 Å². The number of carbonyl (C=O) groups is 1. The molecular weight excluding hydrogens is 230 g/mol. The molecule has 1 aliphatic rings. The van der Waals surface area contributed by atoms with Gasteiger partial charge in [0, 0.05) is 32.7 Å². The average Bonchev–Trinajstić information content (AvgIpc) is 2.27. The maximum absolute atomic E-state index is 11.8. The molecule has 1 atom stereocenters. The first-order valence-corrected chi connectivity index (χ1v) is 6.41. The Morgan fingerprint density at radius 3 is 2.33 bits per heavy atom. The molecule has 18 heavy (non-hydrogen) atoms. The first-order valence-electron chi connectivity index (χ1n) is 6.41. The topological polar surface area (TPSA) is 56.6 Å². The van der Waals surface area contributed by atoms with Gasteiger partial charge in [0.2, 0.25) is 0 Å². The van der Waals surface area contributed by atoms with Gasteiger partial charge in [-0.2, -0.15) is 5.26 Å². The average molecular weight is 253 g/mol. The van der Waals surface area contributed by atoms with E-state index in [0.29, 0.717) is 13.1 Å². The van der Waals surface area contributed by atoms with Crippen LogP contribution in [0.25, 0.3) is 0 Å². The Hall–Kier alpha value is -1.28. The molecule has 1 saturated heterocycles. The van der Waals surface area contributed by atoms with Gasteiger partial charge < -0.3 is 9.64 Å². The zero-order chi connectivity index (χ0) is 13.8. The number of rotatable bonds is 2. The molecule has 102 valence electrons. The first-order chi connectivity index (χ1) is 8.31. The maximum atomic E-state index is 11.8. The largest absolute Gasteiger partial charge is 0.444 e. The standard InChI is InChI=1S/C13H23N3O2/c1-11(9-14)10-15-5-7-16(8-6-15)12(17)18-13(2,3)4/h11H,5-8,10H2,1-4H3. The normalized spacial score (nSPS) is 19.2. The molecule has 1 unspecified atom stereocenters. The molecule has 0 radical (unpaired) electrons. The highest BCUT2D eigenvalue weighted by molar-refractivity contribution is 5.68. The van der Waals surface area contributed by atoms with Crippen LogP contribution in [0.15, 0.2) is 0 Å². The minimum Gasteiger partial charge on any atom is -0.444 e. The Labute approximate surface area is 109 Å². The maximum Gasteiger partial charge on any atom is 0.410 e. The van der Waals surface area contributed by atoms with Crippen molar-refractivity contribution in [1.82, 2.24) is 9.80 Å². The summed E-state index contributed by atoms with van der Waals surface area (Å²) in [6.07, 6.45) is -0.240. The first kappa shape index (κ1) is 14.8. The summed E-state index contributed by atoms with van der Waals surface area (Å²) >= 11 is 0. The van der Waals surface area contributed by atoms with Crippen LogP contribution < -0.4 is 0 Å². The minimum atomic E-state index is -0.441. The number of hydrogen-bond acceptors (Lipinski definition) is 4. The second-order valence-electron chi connectivity index (χ2n) is 5.80. The SMILES string of the molecule is CC(C#N)CN1CCN(C(=O)OC(C)(C)C)CC1. The van der Waals surface area contributed by atoms with E-state index in [1.54, 1.807) is 4.90 Å². The van der Waals surface area contributed by atoms with Gasteiger partial charge in [0.25, 0.3) is 0 Å². The Morgan fingerprint density at radius 1 is 1.33 bits per heavy atom. The van der Waals surface area contributed by atoms with Crippen LogP contribution in [0.2, 0.25) is 0 Å². The molecule has 1 rings (SSSR count). The molecule has 0 spiro atoms. The van der Waals surface area contributed by atoms with E-state index >= 15 is 0 Å². The molecule has 0 aromatic carbocycles. The quantitative estimate of drug-likeness (QED) is 0.751. The summed E-state index contributed by atoms with van der Waals surface area (Å²) in [4.78, 5) is 15.8. The second-order valence-corrected chi connectivity index (χ2v) is 5.80. The third-order valence-corrected chi connectivity index (χ3v) is 2.78. The van der Waals surface area contributed by atoms with E-state index in [-0.39, 0.29) is 12.0 Å². The lowest BCUT2D eigenvalue weighted by Gasteiger charge is -2.35. The number of hydrogen-bond donors (Lipinski definition) is 0.